The summed E-state index contributed by atoms with van der Waals surface area (Å²) >= 11 is 0. The largest absolute Gasteiger partial charge is 0.444 e. The van der Waals surface area contributed by atoms with Crippen LogP contribution < -0.4 is 10.2 Å². The first-order valence-corrected chi connectivity index (χ1v) is 10.5. The summed E-state index contributed by atoms with van der Waals surface area (Å²) in [5.74, 6) is 0.284. The third-order valence-electron chi connectivity index (χ3n) is 6.19. The molecule has 0 radical (unpaired) electrons. The fourth-order valence-corrected chi connectivity index (χ4v) is 4.55. The molecule has 0 saturated carbocycles. The Morgan fingerprint density at radius 1 is 1.16 bits per heavy atom. The van der Waals surface area contributed by atoms with Crippen molar-refractivity contribution in [2.45, 2.75) is 31.8 Å². The van der Waals surface area contributed by atoms with Crippen LogP contribution in [0.2, 0.25) is 0 Å². The van der Waals surface area contributed by atoms with E-state index in [1.807, 2.05) is 25.1 Å². The van der Waals surface area contributed by atoms with E-state index in [0.29, 0.717) is 35.5 Å². The van der Waals surface area contributed by atoms with Crippen molar-refractivity contribution in [1.29, 1.82) is 0 Å². The quantitative estimate of drug-likeness (QED) is 0.666. The van der Waals surface area contributed by atoms with Gasteiger partial charge >= 0.3 is 0 Å². The zero-order valence-electron chi connectivity index (χ0n) is 17.6. The maximum absolute atomic E-state index is 13.2. The first-order chi connectivity index (χ1) is 15.5. The Morgan fingerprint density at radius 2 is 1.94 bits per heavy atom. The van der Waals surface area contributed by atoms with Crippen molar-refractivity contribution in [3.8, 4) is 11.3 Å². The predicted molar refractivity (Wildman–Crippen MR) is 118 cm³/mol. The topological polar surface area (TPSA) is 95.8 Å². The highest BCUT2D eigenvalue weighted by atomic mass is 16.3. The summed E-state index contributed by atoms with van der Waals surface area (Å²) in [4.78, 5) is 45.7. The van der Waals surface area contributed by atoms with Gasteiger partial charge in [-0.2, -0.15) is 0 Å². The highest BCUT2D eigenvalue weighted by Crippen LogP contribution is 2.43. The lowest BCUT2D eigenvalue weighted by molar-refractivity contribution is -0.117. The molecule has 1 saturated heterocycles. The zero-order valence-corrected chi connectivity index (χ0v) is 17.6. The van der Waals surface area contributed by atoms with Crippen molar-refractivity contribution < 1.29 is 18.8 Å². The van der Waals surface area contributed by atoms with E-state index >= 15 is 0 Å². The van der Waals surface area contributed by atoms with Crippen LogP contribution in [0.1, 0.15) is 36.5 Å². The fraction of sp³-hybridized carbons (Fsp3) is 0.250. The van der Waals surface area contributed by atoms with Gasteiger partial charge in [-0.1, -0.05) is 12.1 Å². The molecule has 8 heteroatoms. The predicted octanol–water partition coefficient (Wildman–Crippen LogP) is 3.67. The molecule has 0 spiro atoms. The van der Waals surface area contributed by atoms with E-state index in [4.69, 9.17) is 4.42 Å². The second kappa shape index (κ2) is 7.64. The van der Waals surface area contributed by atoms with Crippen molar-refractivity contribution in [3.05, 3.63) is 66.7 Å². The van der Waals surface area contributed by atoms with Crippen LogP contribution in [-0.4, -0.2) is 39.8 Å². The lowest BCUT2D eigenvalue weighted by Crippen LogP contribution is -2.62. The minimum Gasteiger partial charge on any atom is -0.444 e. The monoisotopic (exact) mass is 430 g/mol. The first-order valence-electron chi connectivity index (χ1n) is 10.5. The summed E-state index contributed by atoms with van der Waals surface area (Å²) in [5.41, 5.74) is 1.88. The standard InChI is InChI=1S/C24H22N4O4/c1-24-12-10-22(30)28(24)19-5-3-2-4-18(19)23(31)27(24)13-11-21(29)26-17-8-6-16(7-9-17)20-14-25-15-32-20/h2-9,14-15H,10-13H2,1H3,(H,26,29). The van der Waals surface area contributed by atoms with Gasteiger partial charge < -0.3 is 14.6 Å². The molecule has 1 atom stereocenters. The summed E-state index contributed by atoms with van der Waals surface area (Å²) in [7, 11) is 0. The van der Waals surface area contributed by atoms with Crippen LogP contribution in [0.3, 0.4) is 0 Å². The van der Waals surface area contributed by atoms with Crippen molar-refractivity contribution >= 4 is 29.1 Å². The van der Waals surface area contributed by atoms with Gasteiger partial charge in [-0.3, -0.25) is 19.3 Å². The number of carbonyl (C=O) groups excluding carboxylic acids is 3. The number of hydrogen-bond donors (Lipinski definition) is 1. The number of amides is 3. The summed E-state index contributed by atoms with van der Waals surface area (Å²) in [6.45, 7) is 2.11. The molecule has 32 heavy (non-hydrogen) atoms. The molecule has 3 aromatic rings. The number of nitrogens with one attached hydrogen (secondary N) is 1. The maximum Gasteiger partial charge on any atom is 0.257 e. The average molecular weight is 430 g/mol. The average Bonchev–Trinajstić information content (AvgIpc) is 3.43. The molecule has 162 valence electrons. The molecule has 1 unspecified atom stereocenters. The number of aromatic nitrogens is 1. The van der Waals surface area contributed by atoms with E-state index in [1.54, 1.807) is 46.3 Å². The van der Waals surface area contributed by atoms with E-state index in [1.165, 1.54) is 6.39 Å². The smallest absolute Gasteiger partial charge is 0.257 e. The van der Waals surface area contributed by atoms with Crippen molar-refractivity contribution in [1.82, 2.24) is 9.88 Å². The number of hydrogen-bond acceptors (Lipinski definition) is 5. The van der Waals surface area contributed by atoms with Crippen LogP contribution in [0.5, 0.6) is 0 Å². The molecule has 2 aromatic carbocycles. The second-order valence-corrected chi connectivity index (χ2v) is 8.16. The number of fused-ring (bicyclic) bond motifs is 3. The number of anilines is 2. The number of benzene rings is 2. The van der Waals surface area contributed by atoms with Crippen LogP contribution in [0.25, 0.3) is 11.3 Å². The molecule has 3 heterocycles. The molecule has 0 bridgehead atoms. The Labute approximate surface area is 184 Å². The van der Waals surface area contributed by atoms with Gasteiger partial charge in [0.25, 0.3) is 5.91 Å². The minimum absolute atomic E-state index is 0.00579. The van der Waals surface area contributed by atoms with Crippen LogP contribution in [0.4, 0.5) is 11.4 Å². The van der Waals surface area contributed by atoms with Gasteiger partial charge in [0.1, 0.15) is 5.66 Å². The van der Waals surface area contributed by atoms with Crippen LogP contribution >= 0.6 is 0 Å². The summed E-state index contributed by atoms with van der Waals surface area (Å²) in [6.07, 6.45) is 4.02. The highest BCUT2D eigenvalue weighted by Gasteiger charge is 2.52. The molecule has 2 aliphatic rings. The number of rotatable bonds is 5. The number of nitrogens with zero attached hydrogens (tertiary/aromatic N) is 3. The summed E-state index contributed by atoms with van der Waals surface area (Å²) < 4.78 is 5.27. The molecule has 1 N–H and O–H groups in total. The van der Waals surface area contributed by atoms with E-state index in [0.717, 1.165) is 5.56 Å². The van der Waals surface area contributed by atoms with Crippen LogP contribution in [0.15, 0.2) is 65.5 Å². The number of carbonyl (C=O) groups is 3. The summed E-state index contributed by atoms with van der Waals surface area (Å²) in [6, 6.07) is 14.4. The second-order valence-electron chi connectivity index (χ2n) is 8.16. The molecular weight excluding hydrogens is 408 g/mol. The third-order valence-corrected chi connectivity index (χ3v) is 6.19. The zero-order chi connectivity index (χ0) is 22.3. The Bertz CT molecular complexity index is 1190. The summed E-state index contributed by atoms with van der Waals surface area (Å²) in [5, 5.41) is 2.87. The van der Waals surface area contributed by atoms with Gasteiger partial charge in [-0.05, 0) is 49.7 Å². The van der Waals surface area contributed by atoms with Gasteiger partial charge in [-0.25, -0.2) is 4.98 Å². The third kappa shape index (κ3) is 3.24. The molecule has 1 aromatic heterocycles. The SMILES string of the molecule is CC12CCC(=O)N1c1ccccc1C(=O)N2CCC(=O)Nc1ccc(-c2cnco2)cc1. The van der Waals surface area contributed by atoms with Gasteiger partial charge in [0, 0.05) is 30.6 Å². The number of oxazole rings is 1. The Kier molecular flexibility index (Phi) is 4.77. The normalized spacial score (nSPS) is 19.7. The lowest BCUT2D eigenvalue weighted by atomic mass is 9.98. The van der Waals surface area contributed by atoms with Gasteiger partial charge in [0.05, 0.1) is 17.4 Å². The van der Waals surface area contributed by atoms with E-state index < -0.39 is 5.66 Å². The van der Waals surface area contributed by atoms with Gasteiger partial charge in [0.2, 0.25) is 11.8 Å². The Hall–Kier alpha value is -3.94. The Morgan fingerprint density at radius 3 is 2.69 bits per heavy atom. The van der Waals surface area contributed by atoms with Crippen molar-refractivity contribution in [2.24, 2.45) is 0 Å². The molecule has 2 aliphatic heterocycles. The first kappa shape index (κ1) is 20.0. The van der Waals surface area contributed by atoms with E-state index in [-0.39, 0.29) is 30.7 Å². The lowest BCUT2D eigenvalue weighted by Gasteiger charge is -2.48. The van der Waals surface area contributed by atoms with Crippen molar-refractivity contribution in [3.63, 3.8) is 0 Å². The molecule has 0 aliphatic carbocycles. The maximum atomic E-state index is 13.2. The van der Waals surface area contributed by atoms with Gasteiger partial charge in [0.15, 0.2) is 12.2 Å². The van der Waals surface area contributed by atoms with E-state index in [2.05, 4.69) is 10.3 Å². The minimum atomic E-state index is -0.762. The Balaban J connectivity index is 1.29. The molecule has 8 nitrogen and oxygen atoms in total. The van der Waals surface area contributed by atoms with E-state index in [9.17, 15) is 14.4 Å². The van der Waals surface area contributed by atoms with Crippen LogP contribution in [0, 0.1) is 0 Å². The van der Waals surface area contributed by atoms with Crippen molar-refractivity contribution in [2.75, 3.05) is 16.8 Å². The molecule has 3 amide bonds. The molecule has 5 rings (SSSR count). The number of para-hydroxylation sites is 1. The van der Waals surface area contributed by atoms with Crippen LogP contribution in [-0.2, 0) is 9.59 Å². The fourth-order valence-electron chi connectivity index (χ4n) is 4.55. The van der Waals surface area contributed by atoms with Gasteiger partial charge in [-0.15, -0.1) is 0 Å². The highest BCUT2D eigenvalue weighted by molar-refractivity contribution is 6.10. The molecular formula is C24H22N4O4. The molecule has 1 fully saturated rings.